The van der Waals surface area contributed by atoms with E-state index in [0.717, 1.165) is 43.1 Å². The van der Waals surface area contributed by atoms with Crippen LogP contribution in [-0.4, -0.2) is 69.7 Å². The van der Waals surface area contributed by atoms with Gasteiger partial charge in [-0.2, -0.15) is 0 Å². The first-order valence-electron chi connectivity index (χ1n) is 13.6. The summed E-state index contributed by atoms with van der Waals surface area (Å²) in [6, 6.07) is 9.31. The number of nitrogens with one attached hydrogen (secondary N) is 2. The summed E-state index contributed by atoms with van der Waals surface area (Å²) in [6.45, 7) is 11.1. The molecule has 0 aliphatic carbocycles. The lowest BCUT2D eigenvalue weighted by molar-refractivity contribution is -0.134. The van der Waals surface area contributed by atoms with Crippen molar-refractivity contribution in [2.45, 2.75) is 78.2 Å². The number of piperidine rings is 1. The van der Waals surface area contributed by atoms with E-state index < -0.39 is 6.23 Å². The van der Waals surface area contributed by atoms with E-state index in [2.05, 4.69) is 32.7 Å². The van der Waals surface area contributed by atoms with Gasteiger partial charge in [-0.25, -0.2) is 4.98 Å². The Morgan fingerprint density at radius 2 is 1.89 bits per heavy atom. The van der Waals surface area contributed by atoms with E-state index in [0.29, 0.717) is 42.4 Å². The van der Waals surface area contributed by atoms with Crippen LogP contribution >= 0.6 is 11.6 Å². The van der Waals surface area contributed by atoms with Gasteiger partial charge in [0.25, 0.3) is 5.91 Å². The predicted octanol–water partition coefficient (Wildman–Crippen LogP) is 4.12. The quantitative estimate of drug-likeness (QED) is 0.413. The molecule has 0 bridgehead atoms. The molecule has 38 heavy (non-hydrogen) atoms. The Kier molecular flexibility index (Phi) is 9.28. The molecule has 2 aromatic rings. The Morgan fingerprint density at radius 1 is 1.16 bits per heavy atom. The second-order valence-corrected chi connectivity index (χ2v) is 11.5. The molecule has 0 spiro atoms. The molecule has 3 heterocycles. The van der Waals surface area contributed by atoms with Crippen molar-refractivity contribution in [3.05, 3.63) is 57.7 Å². The summed E-state index contributed by atoms with van der Waals surface area (Å²) in [4.78, 5) is 34.3. The number of hydrogen-bond acceptors (Lipinski definition) is 6. The normalized spacial score (nSPS) is 19.7. The smallest absolute Gasteiger partial charge is 0.251 e. The summed E-state index contributed by atoms with van der Waals surface area (Å²) in [6.07, 6.45) is 1.77. The second-order valence-electron chi connectivity index (χ2n) is 11.1. The number of benzene rings is 1. The molecule has 4 rings (SSSR count). The minimum Gasteiger partial charge on any atom is -0.372 e. The summed E-state index contributed by atoms with van der Waals surface area (Å²) in [7, 11) is 0. The Labute approximate surface area is 230 Å². The van der Waals surface area contributed by atoms with E-state index in [-0.39, 0.29) is 23.9 Å². The fraction of sp³-hybridized carbons (Fsp3) is 0.552. The summed E-state index contributed by atoms with van der Waals surface area (Å²) < 4.78 is 0. The first-order chi connectivity index (χ1) is 18.1. The number of aliphatic hydroxyl groups is 1. The Morgan fingerprint density at radius 3 is 2.58 bits per heavy atom. The lowest BCUT2D eigenvalue weighted by atomic mass is 10.0. The second kappa shape index (κ2) is 12.5. The largest absolute Gasteiger partial charge is 0.372 e. The van der Waals surface area contributed by atoms with Gasteiger partial charge in [-0.05, 0) is 68.4 Å². The topological polar surface area (TPSA) is 97.8 Å². The van der Waals surface area contributed by atoms with Gasteiger partial charge in [0.15, 0.2) is 0 Å². The van der Waals surface area contributed by atoms with E-state index in [4.69, 9.17) is 11.6 Å². The highest BCUT2D eigenvalue weighted by atomic mass is 35.5. The maximum absolute atomic E-state index is 12.9. The zero-order valence-electron chi connectivity index (χ0n) is 22.8. The van der Waals surface area contributed by atoms with Gasteiger partial charge < -0.3 is 20.6 Å². The Bertz CT molecular complexity index is 1150. The average molecular weight is 542 g/mol. The molecule has 3 N–H and O–H groups in total. The van der Waals surface area contributed by atoms with Crippen LogP contribution in [0.3, 0.4) is 0 Å². The number of halogens is 1. The highest BCUT2D eigenvalue weighted by Crippen LogP contribution is 2.30. The standard InChI is InChI=1S/C29H40ClN5O3/c1-18(2)16-31-28(37)22-14-20(4)32-26(15-22)33-29(38)25-7-8-27(36)35(25)23-9-11-34(12-10-23)17-21-5-6-24(30)19(3)13-21/h5-6,13-15,18,23,25,29,38H,7-12,16-17H2,1-4H3,(H,31,37)(H,32,33)/t25-,29?/m1/s1. The molecule has 2 aliphatic rings. The summed E-state index contributed by atoms with van der Waals surface area (Å²) in [5.74, 6) is 0.703. The van der Waals surface area contributed by atoms with Gasteiger partial charge in [0, 0.05) is 54.9 Å². The van der Waals surface area contributed by atoms with Crippen LogP contribution in [0.4, 0.5) is 5.82 Å². The van der Waals surface area contributed by atoms with Crippen molar-refractivity contribution in [2.24, 2.45) is 5.92 Å². The van der Waals surface area contributed by atoms with Crippen molar-refractivity contribution in [1.82, 2.24) is 20.1 Å². The van der Waals surface area contributed by atoms with E-state index >= 15 is 0 Å². The highest BCUT2D eigenvalue weighted by Gasteiger charge is 2.41. The molecule has 2 fully saturated rings. The molecule has 0 radical (unpaired) electrons. The summed E-state index contributed by atoms with van der Waals surface area (Å²) in [5.41, 5.74) is 3.50. The van der Waals surface area contributed by atoms with Crippen LogP contribution in [0.25, 0.3) is 0 Å². The van der Waals surface area contributed by atoms with Gasteiger partial charge in [0.1, 0.15) is 12.0 Å². The summed E-state index contributed by atoms with van der Waals surface area (Å²) in [5, 5.41) is 17.9. The number of hydrogen-bond donors (Lipinski definition) is 3. The molecule has 0 saturated carbocycles. The van der Waals surface area contributed by atoms with E-state index in [1.165, 1.54) is 5.56 Å². The Hall–Kier alpha value is -2.68. The summed E-state index contributed by atoms with van der Waals surface area (Å²) >= 11 is 6.17. The molecule has 1 aromatic carbocycles. The Balaban J connectivity index is 1.37. The van der Waals surface area contributed by atoms with E-state index in [1.807, 2.05) is 38.7 Å². The molecule has 8 nitrogen and oxygen atoms in total. The third-order valence-electron chi connectivity index (χ3n) is 7.42. The number of likely N-dealkylation sites (tertiary alicyclic amines) is 2. The number of pyridine rings is 1. The number of rotatable bonds is 9. The van der Waals surface area contributed by atoms with Gasteiger partial charge in [-0.3, -0.25) is 14.5 Å². The van der Waals surface area contributed by atoms with Gasteiger partial charge in [0.05, 0.1) is 6.04 Å². The van der Waals surface area contributed by atoms with Crippen molar-refractivity contribution in [3.63, 3.8) is 0 Å². The van der Waals surface area contributed by atoms with Crippen LogP contribution in [0.5, 0.6) is 0 Å². The van der Waals surface area contributed by atoms with Gasteiger partial charge in [0.2, 0.25) is 5.91 Å². The number of aromatic nitrogens is 1. The molecule has 2 saturated heterocycles. The van der Waals surface area contributed by atoms with Crippen LogP contribution in [0.2, 0.25) is 5.02 Å². The van der Waals surface area contributed by atoms with Crippen molar-refractivity contribution < 1.29 is 14.7 Å². The van der Waals surface area contributed by atoms with Crippen LogP contribution in [0.15, 0.2) is 30.3 Å². The molecule has 2 amide bonds. The fourth-order valence-electron chi connectivity index (χ4n) is 5.45. The van der Waals surface area contributed by atoms with Crippen LogP contribution < -0.4 is 10.6 Å². The number of amides is 2. The van der Waals surface area contributed by atoms with E-state index in [9.17, 15) is 14.7 Å². The third kappa shape index (κ3) is 7.04. The molecule has 1 unspecified atom stereocenters. The fourth-order valence-corrected chi connectivity index (χ4v) is 5.57. The van der Waals surface area contributed by atoms with Crippen molar-refractivity contribution in [2.75, 3.05) is 25.0 Å². The molecular weight excluding hydrogens is 502 g/mol. The minimum absolute atomic E-state index is 0.0913. The number of aryl methyl sites for hydroxylation is 2. The van der Waals surface area contributed by atoms with Crippen molar-refractivity contribution >= 4 is 29.2 Å². The molecule has 9 heteroatoms. The lowest BCUT2D eigenvalue weighted by Crippen LogP contribution is -2.53. The SMILES string of the molecule is Cc1cc(C(=O)NCC(C)C)cc(NC(O)[C@H]2CCC(=O)N2C2CCN(Cc3ccc(Cl)c(C)c3)CC2)n1. The maximum Gasteiger partial charge on any atom is 0.251 e. The van der Waals surface area contributed by atoms with Crippen LogP contribution in [0.1, 0.15) is 66.7 Å². The monoisotopic (exact) mass is 541 g/mol. The molecular formula is C29H40ClN5O3. The van der Waals surface area contributed by atoms with Gasteiger partial charge >= 0.3 is 0 Å². The molecule has 2 atom stereocenters. The van der Waals surface area contributed by atoms with Crippen molar-refractivity contribution in [3.8, 4) is 0 Å². The number of nitrogens with zero attached hydrogens (tertiary/aromatic N) is 3. The lowest BCUT2D eigenvalue weighted by Gasteiger charge is -2.40. The molecule has 1 aromatic heterocycles. The van der Waals surface area contributed by atoms with Crippen molar-refractivity contribution in [1.29, 1.82) is 0 Å². The van der Waals surface area contributed by atoms with Crippen LogP contribution in [0, 0.1) is 19.8 Å². The number of anilines is 1. The van der Waals surface area contributed by atoms with Crippen LogP contribution in [-0.2, 0) is 11.3 Å². The molecule has 206 valence electrons. The first kappa shape index (κ1) is 28.3. The average Bonchev–Trinajstić information content (AvgIpc) is 3.26. The predicted molar refractivity (Wildman–Crippen MR) is 150 cm³/mol. The molecule has 2 aliphatic heterocycles. The number of carbonyl (C=O) groups excluding carboxylic acids is 2. The number of carbonyl (C=O) groups is 2. The van der Waals surface area contributed by atoms with Gasteiger partial charge in [-0.1, -0.05) is 37.6 Å². The maximum atomic E-state index is 12.9. The highest BCUT2D eigenvalue weighted by molar-refractivity contribution is 6.31. The number of aliphatic hydroxyl groups excluding tert-OH is 1. The third-order valence-corrected chi connectivity index (χ3v) is 7.85. The van der Waals surface area contributed by atoms with E-state index in [1.54, 1.807) is 12.1 Å². The zero-order valence-corrected chi connectivity index (χ0v) is 23.6. The zero-order chi connectivity index (χ0) is 27.4. The minimum atomic E-state index is -0.975. The van der Waals surface area contributed by atoms with Gasteiger partial charge in [-0.15, -0.1) is 0 Å². The first-order valence-corrected chi connectivity index (χ1v) is 14.0.